The maximum atomic E-state index is 13.5. The quantitative estimate of drug-likeness (QED) is 0.796. The molecule has 1 N–H and O–H groups in total. The minimum absolute atomic E-state index is 0.0212. The van der Waals surface area contributed by atoms with Crippen LogP contribution in [0.15, 0.2) is 12.1 Å². The number of aliphatic carboxylic acids is 1. The number of hydrogen-bond acceptors (Lipinski definition) is 3. The van der Waals surface area contributed by atoms with Crippen molar-refractivity contribution in [2.75, 3.05) is 7.11 Å². The number of carbonyl (C=O) groups is 2. The molecule has 6 heteroatoms. The molecule has 0 saturated heterocycles. The molecule has 0 bridgehead atoms. The van der Waals surface area contributed by atoms with E-state index >= 15 is 0 Å². The summed E-state index contributed by atoms with van der Waals surface area (Å²) in [7, 11) is 1.25. The van der Waals surface area contributed by atoms with Crippen LogP contribution in [0.2, 0.25) is 0 Å². The number of Topliss-reactive ketones (excluding diaryl/α,β-unsaturated/α-hetero) is 1. The molecule has 0 saturated carbocycles. The maximum absolute atomic E-state index is 13.5. The SMILES string of the molecule is COc1cc(F)c(C(=O)CCCC(=O)O)c(F)c1. The van der Waals surface area contributed by atoms with Gasteiger partial charge in [-0.15, -0.1) is 0 Å². The molecule has 0 aliphatic carbocycles. The fourth-order valence-corrected chi connectivity index (χ4v) is 1.46. The first-order chi connectivity index (χ1) is 8.45. The lowest BCUT2D eigenvalue weighted by Gasteiger charge is -2.06. The van der Waals surface area contributed by atoms with Crippen molar-refractivity contribution < 1.29 is 28.2 Å². The first-order valence-corrected chi connectivity index (χ1v) is 5.23. The molecule has 0 heterocycles. The lowest BCUT2D eigenvalue weighted by molar-refractivity contribution is -0.137. The summed E-state index contributed by atoms with van der Waals surface area (Å²) in [5, 5.41) is 8.40. The van der Waals surface area contributed by atoms with Crippen LogP contribution in [0.25, 0.3) is 0 Å². The van der Waals surface area contributed by atoms with Crippen molar-refractivity contribution in [1.82, 2.24) is 0 Å². The van der Waals surface area contributed by atoms with Crippen LogP contribution in [0.3, 0.4) is 0 Å². The van der Waals surface area contributed by atoms with Gasteiger partial charge in [0.25, 0.3) is 0 Å². The van der Waals surface area contributed by atoms with Gasteiger partial charge >= 0.3 is 5.97 Å². The Morgan fingerprint density at radius 3 is 2.22 bits per heavy atom. The molecule has 0 amide bonds. The van der Waals surface area contributed by atoms with E-state index in [1.165, 1.54) is 7.11 Å². The maximum Gasteiger partial charge on any atom is 0.303 e. The number of ketones is 1. The Hall–Kier alpha value is -1.98. The molecule has 4 nitrogen and oxygen atoms in total. The molecule has 1 rings (SSSR count). The Kier molecular flexibility index (Phi) is 4.76. The zero-order valence-electron chi connectivity index (χ0n) is 9.70. The van der Waals surface area contributed by atoms with Crippen LogP contribution in [-0.4, -0.2) is 24.0 Å². The summed E-state index contributed by atoms with van der Waals surface area (Å²) in [6.07, 6.45) is -0.392. The van der Waals surface area contributed by atoms with Gasteiger partial charge in [-0.3, -0.25) is 9.59 Å². The molecule has 0 unspecified atom stereocenters. The van der Waals surface area contributed by atoms with Gasteiger partial charge in [0.1, 0.15) is 17.4 Å². The highest BCUT2D eigenvalue weighted by Crippen LogP contribution is 2.22. The van der Waals surface area contributed by atoms with Crippen LogP contribution < -0.4 is 4.74 Å². The van der Waals surface area contributed by atoms with Crippen LogP contribution in [-0.2, 0) is 4.79 Å². The molecule has 1 aromatic rings. The van der Waals surface area contributed by atoms with E-state index in [2.05, 4.69) is 4.74 Å². The van der Waals surface area contributed by atoms with Crippen LogP contribution in [0.1, 0.15) is 29.6 Å². The van der Waals surface area contributed by atoms with Gasteiger partial charge in [0.15, 0.2) is 5.78 Å². The van der Waals surface area contributed by atoms with E-state index in [0.717, 1.165) is 12.1 Å². The molecule has 0 spiro atoms. The number of methoxy groups -OCH3 is 1. The van der Waals surface area contributed by atoms with Gasteiger partial charge in [0.2, 0.25) is 0 Å². The smallest absolute Gasteiger partial charge is 0.303 e. The second-order valence-corrected chi connectivity index (χ2v) is 3.64. The average molecular weight is 258 g/mol. The predicted octanol–water partition coefficient (Wildman–Crippen LogP) is 2.41. The molecule has 0 aromatic heterocycles. The van der Waals surface area contributed by atoms with E-state index in [0.29, 0.717) is 0 Å². The van der Waals surface area contributed by atoms with Gasteiger partial charge < -0.3 is 9.84 Å². The minimum Gasteiger partial charge on any atom is -0.497 e. The van der Waals surface area contributed by atoms with Gasteiger partial charge in [-0.05, 0) is 6.42 Å². The van der Waals surface area contributed by atoms with Crippen molar-refractivity contribution >= 4 is 11.8 Å². The van der Waals surface area contributed by atoms with Gasteiger partial charge in [0, 0.05) is 25.0 Å². The summed E-state index contributed by atoms with van der Waals surface area (Å²) in [4.78, 5) is 21.8. The fraction of sp³-hybridized carbons (Fsp3) is 0.333. The van der Waals surface area contributed by atoms with Crippen LogP contribution in [0, 0.1) is 11.6 Å². The van der Waals surface area contributed by atoms with E-state index in [1.54, 1.807) is 0 Å². The van der Waals surface area contributed by atoms with Gasteiger partial charge in [-0.1, -0.05) is 0 Å². The summed E-state index contributed by atoms with van der Waals surface area (Å²) in [5.41, 5.74) is -0.652. The molecule has 0 atom stereocenters. The topological polar surface area (TPSA) is 63.6 Å². The first kappa shape index (κ1) is 14.1. The lowest BCUT2D eigenvalue weighted by atomic mass is 10.0. The number of benzene rings is 1. The zero-order chi connectivity index (χ0) is 13.7. The average Bonchev–Trinajstić information content (AvgIpc) is 2.27. The minimum atomic E-state index is -1.06. The molecule has 0 aliphatic heterocycles. The van der Waals surface area contributed by atoms with E-state index in [4.69, 9.17) is 5.11 Å². The summed E-state index contributed by atoms with van der Waals surface area (Å²) < 4.78 is 31.6. The standard InChI is InChI=1S/C12H12F2O4/c1-18-7-5-8(13)12(9(14)6-7)10(15)3-2-4-11(16)17/h5-6H,2-4H2,1H3,(H,16,17). The molecule has 0 fully saturated rings. The number of carboxylic acids is 1. The van der Waals surface area contributed by atoms with Gasteiger partial charge in [0.05, 0.1) is 12.7 Å². The molecule has 18 heavy (non-hydrogen) atoms. The summed E-state index contributed by atoms with van der Waals surface area (Å²) in [5.74, 6) is -3.85. The van der Waals surface area contributed by atoms with Crippen molar-refractivity contribution in [3.8, 4) is 5.75 Å². The summed E-state index contributed by atoms with van der Waals surface area (Å²) in [6, 6.07) is 1.82. The van der Waals surface area contributed by atoms with Crippen LogP contribution in [0.4, 0.5) is 8.78 Å². The largest absolute Gasteiger partial charge is 0.497 e. The molecule has 0 radical (unpaired) electrons. The van der Waals surface area contributed by atoms with Crippen molar-refractivity contribution in [3.05, 3.63) is 29.3 Å². The van der Waals surface area contributed by atoms with Crippen molar-refractivity contribution in [3.63, 3.8) is 0 Å². The highest BCUT2D eigenvalue weighted by Gasteiger charge is 2.18. The highest BCUT2D eigenvalue weighted by molar-refractivity contribution is 5.96. The number of rotatable bonds is 6. The number of carboxylic acid groups (broad SMARTS) is 1. The molecular formula is C12H12F2O4. The number of halogens is 2. The van der Waals surface area contributed by atoms with Crippen LogP contribution >= 0.6 is 0 Å². The first-order valence-electron chi connectivity index (χ1n) is 5.23. The Morgan fingerprint density at radius 1 is 1.22 bits per heavy atom. The third-order valence-corrected chi connectivity index (χ3v) is 2.32. The van der Waals surface area contributed by atoms with Crippen molar-refractivity contribution in [1.29, 1.82) is 0 Å². The Labute approximate surface area is 102 Å². The lowest BCUT2D eigenvalue weighted by Crippen LogP contribution is -2.07. The fourth-order valence-electron chi connectivity index (χ4n) is 1.46. The number of ether oxygens (including phenoxy) is 1. The summed E-state index contributed by atoms with van der Waals surface area (Å²) in [6.45, 7) is 0. The summed E-state index contributed by atoms with van der Waals surface area (Å²) >= 11 is 0. The van der Waals surface area contributed by atoms with E-state index in [9.17, 15) is 18.4 Å². The van der Waals surface area contributed by atoms with E-state index < -0.39 is 29.0 Å². The van der Waals surface area contributed by atoms with Gasteiger partial charge in [-0.25, -0.2) is 8.78 Å². The monoisotopic (exact) mass is 258 g/mol. The highest BCUT2D eigenvalue weighted by atomic mass is 19.1. The van der Waals surface area contributed by atoms with Crippen molar-refractivity contribution in [2.45, 2.75) is 19.3 Å². The molecule has 0 aliphatic rings. The van der Waals surface area contributed by atoms with Gasteiger partial charge in [-0.2, -0.15) is 0 Å². The molecular weight excluding hydrogens is 246 g/mol. The van der Waals surface area contributed by atoms with Crippen LogP contribution in [0.5, 0.6) is 5.75 Å². The normalized spacial score (nSPS) is 10.2. The second-order valence-electron chi connectivity index (χ2n) is 3.64. The third kappa shape index (κ3) is 3.51. The Morgan fingerprint density at radius 2 is 1.78 bits per heavy atom. The number of carbonyl (C=O) groups excluding carboxylic acids is 1. The zero-order valence-corrected chi connectivity index (χ0v) is 9.70. The molecule has 1 aromatic carbocycles. The number of hydrogen-bond donors (Lipinski definition) is 1. The Bertz CT molecular complexity index is 448. The third-order valence-electron chi connectivity index (χ3n) is 2.32. The predicted molar refractivity (Wildman–Crippen MR) is 58.7 cm³/mol. The Balaban J connectivity index is 2.82. The van der Waals surface area contributed by atoms with Crippen molar-refractivity contribution in [2.24, 2.45) is 0 Å². The van der Waals surface area contributed by atoms with E-state index in [-0.39, 0.29) is 25.0 Å². The van der Waals surface area contributed by atoms with E-state index in [1.807, 2.05) is 0 Å². The second kappa shape index (κ2) is 6.09. The molecule has 98 valence electrons.